The molecular formula is C16H18N4S. The van der Waals surface area contributed by atoms with Gasteiger partial charge in [0.25, 0.3) is 0 Å². The first-order valence-corrected chi connectivity index (χ1v) is 8.21. The van der Waals surface area contributed by atoms with Crippen molar-refractivity contribution in [3.63, 3.8) is 0 Å². The monoisotopic (exact) mass is 298 g/mol. The molecule has 0 aliphatic carbocycles. The van der Waals surface area contributed by atoms with E-state index in [1.165, 1.54) is 0 Å². The Balaban J connectivity index is 1.78. The SMILES string of the molecule is CS/C=C(/CN1CC=CC1)N=Cc1ccnc2[nH]ccc12. The van der Waals surface area contributed by atoms with Gasteiger partial charge >= 0.3 is 0 Å². The molecular weight excluding hydrogens is 280 g/mol. The van der Waals surface area contributed by atoms with Crippen LogP contribution in [0.4, 0.5) is 0 Å². The molecule has 0 saturated carbocycles. The highest BCUT2D eigenvalue weighted by Gasteiger charge is 2.08. The van der Waals surface area contributed by atoms with E-state index in [9.17, 15) is 0 Å². The van der Waals surface area contributed by atoms with Crippen molar-refractivity contribution in [2.75, 3.05) is 25.9 Å². The average molecular weight is 298 g/mol. The molecule has 1 aliphatic rings. The van der Waals surface area contributed by atoms with Gasteiger partial charge in [0.2, 0.25) is 0 Å². The van der Waals surface area contributed by atoms with Crippen molar-refractivity contribution in [3.05, 3.63) is 53.3 Å². The number of nitrogens with one attached hydrogen (secondary N) is 1. The van der Waals surface area contributed by atoms with Crippen LogP contribution in [-0.4, -0.2) is 47.0 Å². The highest BCUT2D eigenvalue weighted by Crippen LogP contribution is 2.15. The first kappa shape index (κ1) is 14.1. The molecule has 0 saturated heterocycles. The van der Waals surface area contributed by atoms with Crippen molar-refractivity contribution >= 4 is 29.0 Å². The molecule has 108 valence electrons. The number of hydrogen-bond donors (Lipinski definition) is 1. The van der Waals surface area contributed by atoms with E-state index in [1.807, 2.05) is 30.7 Å². The van der Waals surface area contributed by atoms with E-state index in [4.69, 9.17) is 0 Å². The first-order valence-electron chi connectivity index (χ1n) is 6.92. The van der Waals surface area contributed by atoms with Crippen LogP contribution in [0.2, 0.25) is 0 Å². The first-order chi connectivity index (χ1) is 10.4. The standard InChI is InChI=1S/C16H18N4S/c1-21-12-14(11-20-8-2-3-9-20)19-10-13-4-6-17-16-15(13)5-7-18-16/h2-7,10,12H,8-9,11H2,1H3,(H,17,18)/b14-12-,19-10?. The Hall–Kier alpha value is -1.85. The molecule has 0 radical (unpaired) electrons. The number of thioether (sulfide) groups is 1. The molecule has 0 spiro atoms. The Labute approximate surface area is 128 Å². The molecule has 0 unspecified atom stereocenters. The van der Waals surface area contributed by atoms with E-state index in [2.05, 4.69) is 43.7 Å². The zero-order valence-corrected chi connectivity index (χ0v) is 12.8. The van der Waals surface area contributed by atoms with Crippen molar-refractivity contribution in [2.24, 2.45) is 4.99 Å². The number of aliphatic imine (C=N–C) groups is 1. The van der Waals surface area contributed by atoms with E-state index in [-0.39, 0.29) is 0 Å². The molecule has 2 aromatic rings. The number of aromatic nitrogens is 2. The van der Waals surface area contributed by atoms with Gasteiger partial charge in [0, 0.05) is 49.2 Å². The van der Waals surface area contributed by atoms with Crippen LogP contribution >= 0.6 is 11.8 Å². The van der Waals surface area contributed by atoms with Gasteiger partial charge < -0.3 is 4.98 Å². The van der Waals surface area contributed by atoms with Crippen LogP contribution in [0.3, 0.4) is 0 Å². The zero-order chi connectivity index (χ0) is 14.5. The van der Waals surface area contributed by atoms with Gasteiger partial charge in [0.05, 0.1) is 5.70 Å². The summed E-state index contributed by atoms with van der Waals surface area (Å²) in [4.78, 5) is 14.5. The second-order valence-electron chi connectivity index (χ2n) is 4.91. The summed E-state index contributed by atoms with van der Waals surface area (Å²) in [6.07, 6.45) is 12.1. The van der Waals surface area contributed by atoms with Gasteiger partial charge in [-0.25, -0.2) is 4.98 Å². The molecule has 21 heavy (non-hydrogen) atoms. The number of aromatic amines is 1. The van der Waals surface area contributed by atoms with Crippen LogP contribution in [0.1, 0.15) is 5.56 Å². The van der Waals surface area contributed by atoms with Crippen molar-refractivity contribution in [1.82, 2.24) is 14.9 Å². The lowest BCUT2D eigenvalue weighted by Crippen LogP contribution is -2.22. The summed E-state index contributed by atoms with van der Waals surface area (Å²) >= 11 is 1.69. The van der Waals surface area contributed by atoms with Crippen LogP contribution in [0.15, 0.2) is 52.8 Å². The fourth-order valence-electron chi connectivity index (χ4n) is 2.37. The third kappa shape index (κ3) is 3.43. The lowest BCUT2D eigenvalue weighted by molar-refractivity contribution is 0.383. The Morgan fingerprint density at radius 3 is 3.10 bits per heavy atom. The molecule has 0 bridgehead atoms. The number of rotatable bonds is 5. The molecule has 2 aromatic heterocycles. The Morgan fingerprint density at radius 2 is 2.29 bits per heavy atom. The lowest BCUT2D eigenvalue weighted by atomic mass is 10.2. The van der Waals surface area contributed by atoms with Crippen LogP contribution in [0.25, 0.3) is 11.0 Å². The van der Waals surface area contributed by atoms with Crippen molar-refractivity contribution in [2.45, 2.75) is 0 Å². The third-order valence-corrected chi connectivity index (χ3v) is 3.90. The van der Waals surface area contributed by atoms with Crippen LogP contribution < -0.4 is 0 Å². The maximum atomic E-state index is 4.68. The Bertz CT molecular complexity index is 691. The largest absolute Gasteiger partial charge is 0.346 e. The summed E-state index contributed by atoms with van der Waals surface area (Å²) in [7, 11) is 0. The topological polar surface area (TPSA) is 44.3 Å². The molecule has 4 nitrogen and oxygen atoms in total. The second kappa shape index (κ2) is 6.74. The lowest BCUT2D eigenvalue weighted by Gasteiger charge is -2.14. The summed E-state index contributed by atoms with van der Waals surface area (Å²) in [5, 5.41) is 3.22. The van der Waals surface area contributed by atoms with Gasteiger partial charge in [-0.2, -0.15) is 0 Å². The van der Waals surface area contributed by atoms with Crippen LogP contribution in [0.5, 0.6) is 0 Å². The number of H-pyrrole nitrogens is 1. The minimum atomic E-state index is 0.881. The molecule has 0 aromatic carbocycles. The van der Waals surface area contributed by atoms with Crippen molar-refractivity contribution in [3.8, 4) is 0 Å². The van der Waals surface area contributed by atoms with Crippen LogP contribution in [-0.2, 0) is 0 Å². The summed E-state index contributed by atoms with van der Waals surface area (Å²) < 4.78 is 0. The Morgan fingerprint density at radius 1 is 1.43 bits per heavy atom. The van der Waals surface area contributed by atoms with E-state index < -0.39 is 0 Å². The number of nitrogens with zero attached hydrogens (tertiary/aromatic N) is 3. The Kier molecular flexibility index (Phi) is 4.52. The molecule has 1 N–H and O–H groups in total. The van der Waals surface area contributed by atoms with Gasteiger partial charge in [-0.3, -0.25) is 9.89 Å². The molecule has 0 amide bonds. The summed E-state index contributed by atoms with van der Waals surface area (Å²) in [6, 6.07) is 4.03. The molecule has 0 atom stereocenters. The molecule has 5 heteroatoms. The van der Waals surface area contributed by atoms with Gasteiger partial charge in [-0.05, 0) is 23.8 Å². The van der Waals surface area contributed by atoms with Gasteiger partial charge in [0.15, 0.2) is 0 Å². The van der Waals surface area contributed by atoms with Gasteiger partial charge in [0.1, 0.15) is 5.65 Å². The maximum absolute atomic E-state index is 4.68. The zero-order valence-electron chi connectivity index (χ0n) is 12.0. The van der Waals surface area contributed by atoms with E-state index in [0.29, 0.717) is 0 Å². The van der Waals surface area contributed by atoms with E-state index in [0.717, 1.165) is 41.9 Å². The maximum Gasteiger partial charge on any atom is 0.137 e. The molecule has 0 fully saturated rings. The average Bonchev–Trinajstić information content (AvgIpc) is 3.16. The second-order valence-corrected chi connectivity index (χ2v) is 5.62. The smallest absolute Gasteiger partial charge is 0.137 e. The minimum absolute atomic E-state index is 0.881. The predicted molar refractivity (Wildman–Crippen MR) is 90.9 cm³/mol. The molecule has 3 rings (SSSR count). The highest BCUT2D eigenvalue weighted by atomic mass is 32.2. The fraction of sp³-hybridized carbons (Fsp3) is 0.250. The van der Waals surface area contributed by atoms with Crippen molar-refractivity contribution < 1.29 is 0 Å². The van der Waals surface area contributed by atoms with E-state index in [1.54, 1.807) is 11.8 Å². The third-order valence-electron chi connectivity index (χ3n) is 3.40. The minimum Gasteiger partial charge on any atom is -0.346 e. The fourth-order valence-corrected chi connectivity index (χ4v) is 2.78. The molecule has 1 aliphatic heterocycles. The van der Waals surface area contributed by atoms with Gasteiger partial charge in [-0.1, -0.05) is 12.2 Å². The number of hydrogen-bond acceptors (Lipinski definition) is 4. The van der Waals surface area contributed by atoms with Crippen LogP contribution in [0, 0.1) is 0 Å². The predicted octanol–water partition coefficient (Wildman–Crippen LogP) is 3.06. The quantitative estimate of drug-likeness (QED) is 0.681. The normalized spacial score (nSPS) is 16.5. The van der Waals surface area contributed by atoms with E-state index >= 15 is 0 Å². The van der Waals surface area contributed by atoms with Crippen molar-refractivity contribution in [1.29, 1.82) is 0 Å². The number of fused-ring (bicyclic) bond motifs is 1. The van der Waals surface area contributed by atoms with Gasteiger partial charge in [-0.15, -0.1) is 11.8 Å². The number of pyridine rings is 1. The summed E-state index contributed by atoms with van der Waals surface area (Å²) in [5.74, 6) is 0. The summed E-state index contributed by atoms with van der Waals surface area (Å²) in [5.41, 5.74) is 3.08. The molecule has 3 heterocycles. The summed E-state index contributed by atoms with van der Waals surface area (Å²) in [6.45, 7) is 2.91. The highest BCUT2D eigenvalue weighted by molar-refractivity contribution is 8.01.